The first-order chi connectivity index (χ1) is 20.2. The number of aromatic amines is 1. The second-order valence-corrected chi connectivity index (χ2v) is 10.2. The van der Waals surface area contributed by atoms with Crippen molar-refractivity contribution in [2.75, 3.05) is 0 Å². The Morgan fingerprint density at radius 3 is 2.21 bits per heavy atom. The topological polar surface area (TPSA) is 84.9 Å². The fourth-order valence-electron chi connectivity index (χ4n) is 4.79. The maximum atomic E-state index is 13.5. The molecule has 6 rings (SSSR count). The number of H-pyrrole nitrogens is 1. The molecule has 0 fully saturated rings. The smallest absolute Gasteiger partial charge is 0.248 e. The Balaban J connectivity index is 0.000000185. The van der Waals surface area contributed by atoms with Crippen molar-refractivity contribution in [3.63, 3.8) is 0 Å². The summed E-state index contributed by atoms with van der Waals surface area (Å²) < 4.78 is 18.4. The number of carbonyl (C=O) groups is 1. The Bertz CT molecular complexity index is 1800. The molecule has 214 valence electrons. The van der Waals surface area contributed by atoms with Gasteiger partial charge in [0.15, 0.2) is 0 Å². The average molecular weight is 562 g/mol. The number of furan rings is 1. The average Bonchev–Trinajstić information content (AvgIpc) is 3.64. The number of halogens is 1. The Morgan fingerprint density at radius 1 is 0.833 bits per heavy atom. The van der Waals surface area contributed by atoms with Gasteiger partial charge in [0.1, 0.15) is 17.4 Å². The van der Waals surface area contributed by atoms with Crippen molar-refractivity contribution in [3.05, 3.63) is 137 Å². The van der Waals surface area contributed by atoms with Crippen LogP contribution in [-0.4, -0.2) is 15.9 Å². The van der Waals surface area contributed by atoms with Crippen molar-refractivity contribution < 1.29 is 13.6 Å². The van der Waals surface area contributed by atoms with Crippen LogP contribution in [-0.2, 0) is 6.42 Å². The lowest BCUT2D eigenvalue weighted by Crippen LogP contribution is -2.12. The molecule has 2 heterocycles. The summed E-state index contributed by atoms with van der Waals surface area (Å²) >= 11 is 0. The summed E-state index contributed by atoms with van der Waals surface area (Å²) in [5.74, 6) is 1.20. The molecule has 0 saturated heterocycles. The number of primary amides is 1. The van der Waals surface area contributed by atoms with Crippen molar-refractivity contribution in [2.24, 2.45) is 5.73 Å². The van der Waals surface area contributed by atoms with Gasteiger partial charge in [-0.05, 0) is 91.9 Å². The lowest BCUT2D eigenvalue weighted by molar-refractivity contribution is 0.0999. The summed E-state index contributed by atoms with van der Waals surface area (Å²) in [4.78, 5) is 18.7. The molecule has 0 aliphatic heterocycles. The van der Waals surface area contributed by atoms with E-state index in [1.165, 1.54) is 28.8 Å². The van der Waals surface area contributed by atoms with Crippen LogP contribution in [0.15, 0.2) is 102 Å². The van der Waals surface area contributed by atoms with Crippen molar-refractivity contribution in [1.82, 2.24) is 9.97 Å². The number of nitrogens with zero attached hydrogens (tertiary/aromatic N) is 1. The number of amides is 1. The molecule has 1 amide bonds. The van der Waals surface area contributed by atoms with Gasteiger partial charge in [-0.25, -0.2) is 9.37 Å². The van der Waals surface area contributed by atoms with Gasteiger partial charge in [-0.1, -0.05) is 67.1 Å². The minimum absolute atomic E-state index is 0.263. The van der Waals surface area contributed by atoms with E-state index in [1.54, 1.807) is 18.4 Å². The highest BCUT2D eigenvalue weighted by molar-refractivity contribution is 5.94. The van der Waals surface area contributed by atoms with Gasteiger partial charge in [0.05, 0.1) is 17.3 Å². The molecule has 5 nitrogen and oxygen atoms in total. The highest BCUT2D eigenvalue weighted by Gasteiger charge is 2.15. The van der Waals surface area contributed by atoms with Crippen molar-refractivity contribution in [2.45, 2.75) is 41.0 Å². The highest BCUT2D eigenvalue weighted by Crippen LogP contribution is 2.35. The number of nitrogens with two attached hydrogens (primary N) is 1. The van der Waals surface area contributed by atoms with Gasteiger partial charge >= 0.3 is 0 Å². The van der Waals surface area contributed by atoms with Crippen LogP contribution in [0.5, 0.6) is 0 Å². The molecule has 0 radical (unpaired) electrons. The molecule has 0 atom stereocenters. The summed E-state index contributed by atoms with van der Waals surface area (Å²) in [6.45, 7) is 10.1. The largest absolute Gasteiger partial charge is 0.469 e. The molecule has 0 saturated carbocycles. The molecular formula is C36H36FN3O2. The molecule has 0 bridgehead atoms. The van der Waals surface area contributed by atoms with Crippen LogP contribution in [0.25, 0.3) is 33.5 Å². The molecule has 6 heteroatoms. The number of carbonyl (C=O) groups excluding carboxylic acids is 1. The molecule has 3 N–H and O–H groups in total. The minimum atomic E-state index is -0.359. The third kappa shape index (κ3) is 7.21. The number of fused-ring (bicyclic) bond motifs is 1. The maximum absolute atomic E-state index is 13.5. The third-order valence-corrected chi connectivity index (χ3v) is 6.96. The van der Waals surface area contributed by atoms with E-state index >= 15 is 0 Å². The SMILES string of the molecule is CCc1ccco1.Cc1ccc(C(N)=O)c(C)c1.Cc1ccccc1-c1c(C)cccc1-c1nc2ccc(F)cc2[nH]1. The van der Waals surface area contributed by atoms with E-state index in [0.717, 1.165) is 45.8 Å². The van der Waals surface area contributed by atoms with E-state index in [2.05, 4.69) is 55.0 Å². The fourth-order valence-corrected chi connectivity index (χ4v) is 4.79. The van der Waals surface area contributed by atoms with E-state index in [0.29, 0.717) is 11.1 Å². The minimum Gasteiger partial charge on any atom is -0.469 e. The number of aryl methyl sites for hydroxylation is 5. The lowest BCUT2D eigenvalue weighted by atomic mass is 9.92. The second-order valence-electron chi connectivity index (χ2n) is 10.2. The number of benzene rings is 4. The molecular weight excluding hydrogens is 525 g/mol. The van der Waals surface area contributed by atoms with Crippen molar-refractivity contribution >= 4 is 16.9 Å². The number of hydrogen-bond acceptors (Lipinski definition) is 3. The Kier molecular flexibility index (Phi) is 9.71. The second kappa shape index (κ2) is 13.6. The molecule has 2 aromatic heterocycles. The van der Waals surface area contributed by atoms with Gasteiger partial charge in [0.25, 0.3) is 0 Å². The predicted octanol–water partition coefficient (Wildman–Crippen LogP) is 8.90. The molecule has 4 aromatic carbocycles. The van der Waals surface area contributed by atoms with Crippen LogP contribution in [0.4, 0.5) is 4.39 Å². The van der Waals surface area contributed by atoms with Crippen molar-refractivity contribution in [3.8, 4) is 22.5 Å². The number of rotatable bonds is 4. The summed E-state index contributed by atoms with van der Waals surface area (Å²) in [6.07, 6.45) is 2.69. The fraction of sp³-hybridized carbons (Fsp3) is 0.167. The van der Waals surface area contributed by atoms with Crippen LogP contribution in [0.3, 0.4) is 0 Å². The Labute approximate surface area is 246 Å². The van der Waals surface area contributed by atoms with Gasteiger partial charge in [-0.3, -0.25) is 4.79 Å². The van der Waals surface area contributed by atoms with Gasteiger partial charge in [0, 0.05) is 17.5 Å². The molecule has 0 spiro atoms. The van der Waals surface area contributed by atoms with Crippen LogP contribution >= 0.6 is 0 Å². The van der Waals surface area contributed by atoms with E-state index in [4.69, 9.17) is 10.2 Å². The molecule has 6 aromatic rings. The summed E-state index contributed by atoms with van der Waals surface area (Å²) in [6, 6.07) is 28.6. The van der Waals surface area contributed by atoms with Gasteiger partial charge < -0.3 is 15.1 Å². The zero-order chi connectivity index (χ0) is 30.2. The number of imidazole rings is 1. The molecule has 42 heavy (non-hydrogen) atoms. The first-order valence-electron chi connectivity index (χ1n) is 13.9. The monoisotopic (exact) mass is 561 g/mol. The molecule has 0 aliphatic carbocycles. The third-order valence-electron chi connectivity index (χ3n) is 6.96. The number of nitrogens with one attached hydrogen (secondary N) is 1. The standard InChI is InChI=1S/C21H17FN2.C9H11NO.C6H8O/c1-13-6-3-4-8-16(13)20-14(2)7-5-9-17(20)21-23-18-11-10-15(22)12-19(18)24-21;1-6-3-4-8(9(10)11)7(2)5-6;1-2-6-4-3-5-7-6/h3-12H,1-2H3,(H,23,24);3-5H,1-2H3,(H2,10,11);3-5H,2H2,1H3. The highest BCUT2D eigenvalue weighted by atomic mass is 19.1. The van der Waals surface area contributed by atoms with Crippen LogP contribution in [0.1, 0.15) is 45.3 Å². The van der Waals surface area contributed by atoms with Gasteiger partial charge in [0.2, 0.25) is 5.91 Å². The molecule has 0 aliphatic rings. The van der Waals surface area contributed by atoms with E-state index in [9.17, 15) is 9.18 Å². The summed E-state index contributed by atoms with van der Waals surface area (Å²) in [5.41, 5.74) is 15.1. The van der Waals surface area contributed by atoms with E-state index in [-0.39, 0.29) is 11.7 Å². The lowest BCUT2D eigenvalue weighted by Gasteiger charge is -2.13. The first kappa shape index (κ1) is 30.0. The first-order valence-corrected chi connectivity index (χ1v) is 13.9. The summed E-state index contributed by atoms with van der Waals surface area (Å²) in [7, 11) is 0. The Hall–Kier alpha value is -4.97. The van der Waals surface area contributed by atoms with Gasteiger partial charge in [-0.15, -0.1) is 0 Å². The number of hydrogen-bond donors (Lipinski definition) is 2. The van der Waals surface area contributed by atoms with Crippen LogP contribution < -0.4 is 5.73 Å². The zero-order valence-corrected chi connectivity index (χ0v) is 24.7. The normalized spacial score (nSPS) is 10.4. The zero-order valence-electron chi connectivity index (χ0n) is 24.7. The summed E-state index contributed by atoms with van der Waals surface area (Å²) in [5, 5.41) is 0. The van der Waals surface area contributed by atoms with E-state index < -0.39 is 0 Å². The van der Waals surface area contributed by atoms with Crippen LogP contribution in [0, 0.1) is 33.5 Å². The maximum Gasteiger partial charge on any atom is 0.248 e. The predicted molar refractivity (Wildman–Crippen MR) is 169 cm³/mol. The van der Waals surface area contributed by atoms with Crippen LogP contribution in [0.2, 0.25) is 0 Å². The quantitative estimate of drug-likeness (QED) is 0.225. The number of aromatic nitrogens is 2. The van der Waals surface area contributed by atoms with Crippen molar-refractivity contribution in [1.29, 1.82) is 0 Å². The van der Waals surface area contributed by atoms with E-state index in [1.807, 2.05) is 56.3 Å². The Morgan fingerprint density at radius 2 is 1.57 bits per heavy atom. The van der Waals surface area contributed by atoms with Gasteiger partial charge in [-0.2, -0.15) is 0 Å². The molecule has 0 unspecified atom stereocenters.